The van der Waals surface area contributed by atoms with Crippen LogP contribution in [0.4, 0.5) is 0 Å². The first-order valence-corrected chi connectivity index (χ1v) is 8.21. The third-order valence-electron chi connectivity index (χ3n) is 2.91. The summed E-state index contributed by atoms with van der Waals surface area (Å²) in [5, 5.41) is 3.18. The Kier molecular flexibility index (Phi) is 4.87. The fraction of sp³-hybridized carbons (Fsp3) is 0.429. The molecule has 2 aromatic rings. The van der Waals surface area contributed by atoms with Crippen LogP contribution >= 0.6 is 0 Å². The third-order valence-corrected chi connectivity index (χ3v) is 4.42. The Morgan fingerprint density at radius 3 is 2.62 bits per heavy atom. The fourth-order valence-corrected chi connectivity index (χ4v) is 3.03. The quantitative estimate of drug-likeness (QED) is 0.818. The van der Waals surface area contributed by atoms with Crippen LogP contribution in [0.3, 0.4) is 0 Å². The molecule has 0 aromatic carbocycles. The van der Waals surface area contributed by atoms with Crippen molar-refractivity contribution < 1.29 is 17.3 Å². The molecule has 0 spiro atoms. The Morgan fingerprint density at radius 1 is 1.24 bits per heavy atom. The van der Waals surface area contributed by atoms with E-state index in [1.54, 1.807) is 25.1 Å². The molecule has 0 aliphatic rings. The lowest BCUT2D eigenvalue weighted by molar-refractivity contribution is 0.443. The average Bonchev–Trinajstić information content (AvgIpc) is 3.03. The number of nitrogens with one attached hydrogen (secondary N) is 2. The molecule has 0 aliphatic carbocycles. The van der Waals surface area contributed by atoms with E-state index in [2.05, 4.69) is 10.0 Å². The van der Waals surface area contributed by atoms with Crippen molar-refractivity contribution in [3.05, 3.63) is 41.7 Å². The Morgan fingerprint density at radius 2 is 2.00 bits per heavy atom. The molecule has 6 nitrogen and oxygen atoms in total. The topological polar surface area (TPSA) is 84.5 Å². The van der Waals surface area contributed by atoms with Gasteiger partial charge in [-0.25, -0.2) is 13.1 Å². The Hall–Kier alpha value is -1.57. The normalized spacial score (nSPS) is 12.2. The number of rotatable bonds is 7. The molecule has 0 amide bonds. The molecular formula is C14H20N2O4S. The second kappa shape index (κ2) is 6.46. The van der Waals surface area contributed by atoms with Crippen molar-refractivity contribution in [2.45, 2.75) is 44.8 Å². The van der Waals surface area contributed by atoms with Crippen molar-refractivity contribution in [2.24, 2.45) is 0 Å². The van der Waals surface area contributed by atoms with Crippen LogP contribution in [0.15, 0.2) is 38.2 Å². The van der Waals surface area contributed by atoms with Gasteiger partial charge >= 0.3 is 0 Å². The number of hydrogen-bond donors (Lipinski definition) is 2. The highest BCUT2D eigenvalue weighted by Crippen LogP contribution is 2.20. The van der Waals surface area contributed by atoms with Gasteiger partial charge in [0.25, 0.3) is 0 Å². The molecule has 0 bridgehead atoms. The second-order valence-electron chi connectivity index (χ2n) is 5.07. The second-order valence-corrected chi connectivity index (χ2v) is 6.81. The number of aryl methyl sites for hydroxylation is 1. The SMILES string of the molecule is Cc1oc(CNC(C)C)cc1S(=O)(=O)NCc1ccco1. The maximum absolute atomic E-state index is 12.3. The zero-order chi connectivity index (χ0) is 15.5. The van der Waals surface area contributed by atoms with Gasteiger partial charge in [0.2, 0.25) is 10.0 Å². The molecule has 7 heteroatoms. The molecule has 2 heterocycles. The molecule has 2 rings (SSSR count). The van der Waals surface area contributed by atoms with Crippen LogP contribution in [0.25, 0.3) is 0 Å². The van der Waals surface area contributed by atoms with Crippen molar-refractivity contribution >= 4 is 10.0 Å². The van der Waals surface area contributed by atoms with Crippen LogP contribution < -0.4 is 10.0 Å². The van der Waals surface area contributed by atoms with Gasteiger partial charge < -0.3 is 14.2 Å². The smallest absolute Gasteiger partial charge is 0.244 e. The zero-order valence-corrected chi connectivity index (χ0v) is 13.2. The van der Waals surface area contributed by atoms with Crippen LogP contribution in [0.2, 0.25) is 0 Å². The highest BCUT2D eigenvalue weighted by molar-refractivity contribution is 7.89. The number of furan rings is 2. The summed E-state index contributed by atoms with van der Waals surface area (Å²) < 4.78 is 37.6. The Labute approximate surface area is 124 Å². The maximum atomic E-state index is 12.3. The fourth-order valence-electron chi connectivity index (χ4n) is 1.84. The summed E-state index contributed by atoms with van der Waals surface area (Å²) in [5.41, 5.74) is 0. The van der Waals surface area contributed by atoms with Crippen LogP contribution in [0.5, 0.6) is 0 Å². The van der Waals surface area contributed by atoms with Gasteiger partial charge in [-0.2, -0.15) is 0 Å². The molecule has 21 heavy (non-hydrogen) atoms. The van der Waals surface area contributed by atoms with E-state index in [9.17, 15) is 8.42 Å². The minimum atomic E-state index is -3.62. The van der Waals surface area contributed by atoms with E-state index in [-0.39, 0.29) is 11.4 Å². The summed E-state index contributed by atoms with van der Waals surface area (Å²) in [5.74, 6) is 1.53. The minimum Gasteiger partial charge on any atom is -0.468 e. The lowest BCUT2D eigenvalue weighted by atomic mass is 10.3. The molecule has 116 valence electrons. The summed E-state index contributed by atoms with van der Waals surface area (Å²) >= 11 is 0. The van der Waals surface area contributed by atoms with E-state index >= 15 is 0 Å². The first-order chi connectivity index (χ1) is 9.88. The Bertz CT molecular complexity index is 672. The molecule has 0 saturated carbocycles. The highest BCUT2D eigenvalue weighted by Gasteiger charge is 2.21. The average molecular weight is 312 g/mol. The lowest BCUT2D eigenvalue weighted by Crippen LogP contribution is -2.23. The third kappa shape index (κ3) is 4.20. The van der Waals surface area contributed by atoms with Crippen LogP contribution in [0.1, 0.15) is 31.1 Å². The van der Waals surface area contributed by atoms with Crippen molar-refractivity contribution in [3.63, 3.8) is 0 Å². The number of hydrogen-bond acceptors (Lipinski definition) is 5. The van der Waals surface area contributed by atoms with Crippen LogP contribution in [-0.2, 0) is 23.1 Å². The van der Waals surface area contributed by atoms with E-state index in [4.69, 9.17) is 8.83 Å². The van der Waals surface area contributed by atoms with Crippen molar-refractivity contribution in [1.29, 1.82) is 0 Å². The van der Waals surface area contributed by atoms with Gasteiger partial charge in [0.05, 0.1) is 19.4 Å². The molecule has 0 atom stereocenters. The molecule has 0 radical (unpaired) electrons. The lowest BCUT2D eigenvalue weighted by Gasteiger charge is -2.04. The van der Waals surface area contributed by atoms with E-state index in [1.165, 1.54) is 6.26 Å². The van der Waals surface area contributed by atoms with Gasteiger partial charge in [-0.05, 0) is 19.1 Å². The monoisotopic (exact) mass is 312 g/mol. The maximum Gasteiger partial charge on any atom is 0.244 e. The van der Waals surface area contributed by atoms with Crippen molar-refractivity contribution in [1.82, 2.24) is 10.0 Å². The van der Waals surface area contributed by atoms with Gasteiger partial charge in [-0.15, -0.1) is 0 Å². The van der Waals surface area contributed by atoms with E-state index in [1.807, 2.05) is 13.8 Å². The zero-order valence-electron chi connectivity index (χ0n) is 12.3. The molecule has 0 saturated heterocycles. The highest BCUT2D eigenvalue weighted by atomic mass is 32.2. The van der Waals surface area contributed by atoms with Crippen molar-refractivity contribution in [3.8, 4) is 0 Å². The summed E-state index contributed by atoms with van der Waals surface area (Å²) in [4.78, 5) is 0.162. The predicted molar refractivity (Wildman–Crippen MR) is 78.2 cm³/mol. The molecule has 0 fully saturated rings. The number of sulfonamides is 1. The van der Waals surface area contributed by atoms with Crippen LogP contribution in [-0.4, -0.2) is 14.5 Å². The van der Waals surface area contributed by atoms with Gasteiger partial charge in [-0.3, -0.25) is 0 Å². The largest absolute Gasteiger partial charge is 0.468 e. The summed E-state index contributed by atoms with van der Waals surface area (Å²) in [7, 11) is -3.62. The van der Waals surface area contributed by atoms with Gasteiger partial charge in [0.15, 0.2) is 0 Å². The summed E-state index contributed by atoms with van der Waals surface area (Å²) in [6.45, 7) is 6.27. The van der Waals surface area contributed by atoms with Gasteiger partial charge in [0.1, 0.15) is 22.2 Å². The van der Waals surface area contributed by atoms with Gasteiger partial charge in [0, 0.05) is 12.1 Å². The van der Waals surface area contributed by atoms with Gasteiger partial charge in [-0.1, -0.05) is 13.8 Å². The first-order valence-electron chi connectivity index (χ1n) is 6.73. The van der Waals surface area contributed by atoms with E-state index in [0.717, 1.165) is 0 Å². The van der Waals surface area contributed by atoms with E-state index in [0.29, 0.717) is 29.9 Å². The Balaban J connectivity index is 2.08. The standard InChI is InChI=1S/C14H20N2O4S/c1-10(2)15-8-13-7-14(11(3)20-13)21(17,18)16-9-12-5-4-6-19-12/h4-7,10,15-16H,8-9H2,1-3H3. The summed E-state index contributed by atoms with van der Waals surface area (Å²) in [6.07, 6.45) is 1.50. The molecular weight excluding hydrogens is 292 g/mol. The molecule has 0 unspecified atom stereocenters. The summed E-state index contributed by atoms with van der Waals surface area (Å²) in [6, 6.07) is 5.27. The van der Waals surface area contributed by atoms with Crippen molar-refractivity contribution in [2.75, 3.05) is 0 Å². The molecule has 2 aromatic heterocycles. The minimum absolute atomic E-state index is 0.111. The van der Waals surface area contributed by atoms with Crippen LogP contribution in [0, 0.1) is 6.92 Å². The molecule has 2 N–H and O–H groups in total. The van der Waals surface area contributed by atoms with E-state index < -0.39 is 10.0 Å². The first kappa shape index (κ1) is 15.8. The predicted octanol–water partition coefficient (Wildman–Crippen LogP) is 2.16. The molecule has 0 aliphatic heterocycles.